The van der Waals surface area contributed by atoms with Crippen molar-refractivity contribution in [2.45, 2.75) is 78.6 Å². The number of halogens is 2. The first-order valence-corrected chi connectivity index (χ1v) is 10.6. The molecule has 0 heterocycles. The van der Waals surface area contributed by atoms with Gasteiger partial charge in [-0.2, -0.15) is 0 Å². The van der Waals surface area contributed by atoms with Gasteiger partial charge >= 0.3 is 0 Å². The third-order valence-corrected chi connectivity index (χ3v) is 5.60. The van der Waals surface area contributed by atoms with E-state index in [9.17, 15) is 0 Å². The van der Waals surface area contributed by atoms with E-state index in [1.807, 2.05) is 0 Å². The maximum atomic E-state index is 6.42. The van der Waals surface area contributed by atoms with Crippen molar-refractivity contribution in [2.24, 2.45) is 0 Å². The molecule has 0 unspecified atom stereocenters. The van der Waals surface area contributed by atoms with E-state index in [4.69, 9.17) is 22.5 Å². The molecule has 3 heteroatoms. The minimum Gasteiger partial charge on any atom is -0.0727 e. The molecule has 21 heavy (non-hydrogen) atoms. The highest BCUT2D eigenvalue weighted by molar-refractivity contribution is 8.09. The van der Waals surface area contributed by atoms with Gasteiger partial charge in [0, 0.05) is 5.30 Å². The lowest BCUT2D eigenvalue weighted by molar-refractivity contribution is 0.554. The maximum Gasteiger partial charge on any atom is 0.117 e. The van der Waals surface area contributed by atoms with Crippen LogP contribution in [0.15, 0.2) is 12.1 Å². The lowest BCUT2D eigenvalue weighted by Crippen LogP contribution is -2.30. The van der Waals surface area contributed by atoms with Crippen LogP contribution in [0.4, 0.5) is 0 Å². The van der Waals surface area contributed by atoms with Crippen molar-refractivity contribution in [1.82, 2.24) is 0 Å². The van der Waals surface area contributed by atoms with E-state index in [1.54, 1.807) is 0 Å². The number of benzene rings is 1. The lowest BCUT2D eigenvalue weighted by Gasteiger charge is -2.33. The van der Waals surface area contributed by atoms with Crippen LogP contribution in [0.2, 0.25) is 0 Å². The van der Waals surface area contributed by atoms with Gasteiger partial charge in [-0.3, -0.25) is 0 Å². The first-order valence-electron chi connectivity index (χ1n) is 7.47. The fraction of sp³-hybridized carbons (Fsp3) is 0.667. The molecule has 0 aliphatic heterocycles. The van der Waals surface area contributed by atoms with Gasteiger partial charge in [-0.25, -0.2) is 0 Å². The van der Waals surface area contributed by atoms with Crippen LogP contribution in [0.3, 0.4) is 0 Å². The highest BCUT2D eigenvalue weighted by Crippen LogP contribution is 2.51. The van der Waals surface area contributed by atoms with Crippen LogP contribution in [-0.2, 0) is 16.2 Å². The summed E-state index contributed by atoms with van der Waals surface area (Å²) in [6.07, 6.45) is 0. The van der Waals surface area contributed by atoms with E-state index in [2.05, 4.69) is 74.4 Å². The van der Waals surface area contributed by atoms with Gasteiger partial charge in [0.15, 0.2) is 0 Å². The molecule has 0 aliphatic carbocycles. The Morgan fingerprint density at radius 1 is 0.667 bits per heavy atom. The first-order chi connectivity index (χ1) is 9.15. The van der Waals surface area contributed by atoms with Crippen molar-refractivity contribution in [3.8, 4) is 0 Å². The third-order valence-electron chi connectivity index (χ3n) is 3.76. The number of rotatable bonds is 1. The molecular weight excluding hydrogens is 318 g/mol. The Bertz CT molecular complexity index is 476. The highest BCUT2D eigenvalue weighted by atomic mass is 35.9. The molecule has 0 aliphatic rings. The van der Waals surface area contributed by atoms with Gasteiger partial charge in [0.1, 0.15) is 6.63 Å². The van der Waals surface area contributed by atoms with Crippen molar-refractivity contribution in [3.63, 3.8) is 0 Å². The topological polar surface area (TPSA) is 0 Å². The number of hydrogen-bond acceptors (Lipinski definition) is 0. The molecule has 0 nitrogen and oxygen atoms in total. The van der Waals surface area contributed by atoms with Crippen LogP contribution < -0.4 is 5.30 Å². The summed E-state index contributed by atoms with van der Waals surface area (Å²) in [5.74, 6) is 0. The highest BCUT2D eigenvalue weighted by Gasteiger charge is 2.31. The maximum absolute atomic E-state index is 6.42. The van der Waals surface area contributed by atoms with Crippen molar-refractivity contribution in [3.05, 3.63) is 28.8 Å². The summed E-state index contributed by atoms with van der Waals surface area (Å²) < 4.78 is 0. The van der Waals surface area contributed by atoms with Gasteiger partial charge in [-0.15, -0.1) is 0 Å². The second-order valence-corrected chi connectivity index (χ2v) is 12.4. The van der Waals surface area contributed by atoms with E-state index >= 15 is 0 Å². The average molecular weight is 347 g/mol. The Morgan fingerprint density at radius 2 is 1.00 bits per heavy atom. The molecule has 0 spiro atoms. The molecule has 120 valence electrons. The quantitative estimate of drug-likeness (QED) is 0.480. The standard InChI is InChI=1S/C18H29Cl2P/c1-16(2,3)12-10-13(17(4,5)6)15(21(19)20)14(11-12)18(7,8)9/h10-11H,1-9H3. The first kappa shape index (κ1) is 19.3. The van der Waals surface area contributed by atoms with Crippen LogP contribution >= 0.6 is 29.1 Å². The molecule has 0 radical (unpaired) electrons. The van der Waals surface area contributed by atoms with Crippen LogP contribution in [0.25, 0.3) is 0 Å². The number of hydrogen-bond donors (Lipinski definition) is 0. The summed E-state index contributed by atoms with van der Waals surface area (Å²) in [7, 11) is 0. The SMILES string of the molecule is CC(C)(C)c1cc(C(C)(C)C)c(P(Cl)Cl)c(C(C)(C)C)c1. The normalized spacial score (nSPS) is 13.9. The van der Waals surface area contributed by atoms with Crippen molar-refractivity contribution < 1.29 is 0 Å². The van der Waals surface area contributed by atoms with E-state index in [0.717, 1.165) is 5.30 Å². The van der Waals surface area contributed by atoms with Gasteiger partial charge < -0.3 is 0 Å². The Hall–Kier alpha value is 0.230. The summed E-state index contributed by atoms with van der Waals surface area (Å²) >= 11 is 12.8. The molecule has 1 rings (SSSR count). The Morgan fingerprint density at radius 3 is 1.19 bits per heavy atom. The van der Waals surface area contributed by atoms with Crippen LogP contribution in [0.1, 0.15) is 79.0 Å². The average Bonchev–Trinajstić information content (AvgIpc) is 2.23. The molecule has 0 atom stereocenters. The zero-order valence-corrected chi connectivity index (χ0v) is 17.3. The van der Waals surface area contributed by atoms with Crippen LogP contribution in [0.5, 0.6) is 0 Å². The smallest absolute Gasteiger partial charge is 0.0727 e. The molecule has 0 saturated heterocycles. The molecular formula is C18H29Cl2P. The van der Waals surface area contributed by atoms with E-state index in [0.29, 0.717) is 0 Å². The predicted octanol–water partition coefficient (Wildman–Crippen LogP) is 6.99. The minimum atomic E-state index is -1.17. The molecule has 0 fully saturated rings. The predicted molar refractivity (Wildman–Crippen MR) is 101 cm³/mol. The van der Waals surface area contributed by atoms with Gasteiger partial charge in [-0.1, -0.05) is 96.9 Å². The summed E-state index contributed by atoms with van der Waals surface area (Å²) in [6.45, 7) is 19.0. The van der Waals surface area contributed by atoms with Crippen molar-refractivity contribution >= 4 is 34.4 Å². The third kappa shape index (κ3) is 4.60. The largest absolute Gasteiger partial charge is 0.117 e. The van der Waals surface area contributed by atoms with Gasteiger partial charge in [0.05, 0.1) is 0 Å². The summed E-state index contributed by atoms with van der Waals surface area (Å²) in [4.78, 5) is 0. The second-order valence-electron chi connectivity index (χ2n) is 8.90. The molecule has 0 N–H and O–H groups in total. The van der Waals surface area contributed by atoms with E-state index in [-0.39, 0.29) is 16.2 Å². The zero-order valence-electron chi connectivity index (χ0n) is 14.9. The van der Waals surface area contributed by atoms with Crippen LogP contribution in [0, 0.1) is 0 Å². The Labute approximate surface area is 142 Å². The second kappa shape index (κ2) is 6.03. The molecule has 0 bridgehead atoms. The van der Waals surface area contributed by atoms with Gasteiger partial charge in [-0.05, 0) is 32.9 Å². The van der Waals surface area contributed by atoms with Gasteiger partial charge in [0.25, 0.3) is 0 Å². The van der Waals surface area contributed by atoms with Crippen molar-refractivity contribution in [1.29, 1.82) is 0 Å². The zero-order chi connectivity index (χ0) is 16.8. The summed E-state index contributed by atoms with van der Waals surface area (Å²) in [5, 5.41) is 1.15. The van der Waals surface area contributed by atoms with E-state index in [1.165, 1.54) is 16.7 Å². The molecule has 0 amide bonds. The monoisotopic (exact) mass is 346 g/mol. The lowest BCUT2D eigenvalue weighted by atomic mass is 9.75. The Kier molecular flexibility index (Phi) is 5.53. The van der Waals surface area contributed by atoms with Crippen LogP contribution in [-0.4, -0.2) is 0 Å². The fourth-order valence-electron chi connectivity index (χ4n) is 2.39. The summed E-state index contributed by atoms with van der Waals surface area (Å²) in [5.41, 5.74) is 4.10. The van der Waals surface area contributed by atoms with Gasteiger partial charge in [0.2, 0.25) is 0 Å². The summed E-state index contributed by atoms with van der Waals surface area (Å²) in [6, 6.07) is 4.62. The molecule has 0 aromatic heterocycles. The fourth-order valence-corrected chi connectivity index (χ4v) is 4.65. The molecule has 1 aromatic carbocycles. The molecule has 1 aromatic rings. The Balaban J connectivity index is 3.85. The molecule has 0 saturated carbocycles. The van der Waals surface area contributed by atoms with Crippen molar-refractivity contribution in [2.75, 3.05) is 0 Å². The van der Waals surface area contributed by atoms with E-state index < -0.39 is 6.63 Å². The minimum absolute atomic E-state index is 0.0287.